The number of rotatable bonds is 5. The van der Waals surface area contributed by atoms with E-state index in [9.17, 15) is 4.79 Å². The van der Waals surface area contributed by atoms with Gasteiger partial charge in [0.1, 0.15) is 5.75 Å². The monoisotopic (exact) mass is 326 g/mol. The zero-order valence-electron chi connectivity index (χ0n) is 13.1. The molecule has 118 valence electrons. The average molecular weight is 326 g/mol. The fourth-order valence-corrected chi connectivity index (χ4v) is 3.04. The number of ether oxygens (including phenoxy) is 1. The Balaban J connectivity index is 1.75. The predicted molar refractivity (Wildman–Crippen MR) is 93.7 cm³/mol. The number of H-pyrrole nitrogens is 1. The lowest BCUT2D eigenvalue weighted by atomic mass is 10.2. The molecule has 3 aromatic rings. The molecule has 0 aliphatic carbocycles. The van der Waals surface area contributed by atoms with Crippen LogP contribution in [0, 0.1) is 6.92 Å². The van der Waals surface area contributed by atoms with Crippen LogP contribution in [0.25, 0.3) is 5.69 Å². The van der Waals surface area contributed by atoms with Crippen molar-refractivity contribution in [2.75, 3.05) is 7.11 Å². The van der Waals surface area contributed by atoms with Gasteiger partial charge in [-0.15, -0.1) is 11.8 Å². The first-order valence-electron chi connectivity index (χ1n) is 7.30. The van der Waals surface area contributed by atoms with Crippen LogP contribution < -0.4 is 10.3 Å². The van der Waals surface area contributed by atoms with Crippen molar-refractivity contribution in [3.8, 4) is 11.4 Å². The zero-order chi connectivity index (χ0) is 16.2. The van der Waals surface area contributed by atoms with E-state index in [1.165, 1.54) is 10.5 Å². The first-order valence-corrected chi connectivity index (χ1v) is 8.29. The van der Waals surface area contributed by atoms with Gasteiger partial charge in [-0.3, -0.25) is 9.89 Å². The Hall–Kier alpha value is -2.40. The van der Waals surface area contributed by atoms with Crippen molar-refractivity contribution in [1.29, 1.82) is 0 Å². The number of aromatic nitrogens is 2. The van der Waals surface area contributed by atoms with Crippen LogP contribution >= 0.6 is 11.8 Å². The molecule has 0 saturated heterocycles. The van der Waals surface area contributed by atoms with E-state index >= 15 is 0 Å². The number of thioether (sulfide) groups is 1. The lowest BCUT2D eigenvalue weighted by Gasteiger charge is -2.04. The molecular formula is C18H18N2O2S. The van der Waals surface area contributed by atoms with E-state index in [0.717, 1.165) is 22.9 Å². The van der Waals surface area contributed by atoms with E-state index in [-0.39, 0.29) is 5.56 Å². The molecule has 0 radical (unpaired) electrons. The molecule has 0 spiro atoms. The van der Waals surface area contributed by atoms with E-state index in [0.29, 0.717) is 0 Å². The van der Waals surface area contributed by atoms with Crippen molar-refractivity contribution in [2.45, 2.75) is 17.6 Å². The van der Waals surface area contributed by atoms with E-state index in [1.807, 2.05) is 24.3 Å². The van der Waals surface area contributed by atoms with Crippen LogP contribution in [0.3, 0.4) is 0 Å². The number of hydrogen-bond acceptors (Lipinski definition) is 3. The van der Waals surface area contributed by atoms with Crippen molar-refractivity contribution < 1.29 is 4.74 Å². The zero-order valence-corrected chi connectivity index (χ0v) is 13.9. The van der Waals surface area contributed by atoms with Gasteiger partial charge in [-0.1, -0.05) is 17.7 Å². The maximum Gasteiger partial charge on any atom is 0.271 e. The molecule has 0 aliphatic rings. The third-order valence-corrected chi connectivity index (χ3v) is 4.58. The lowest BCUT2D eigenvalue weighted by molar-refractivity contribution is 0.414. The predicted octanol–water partition coefficient (Wildman–Crippen LogP) is 3.77. The van der Waals surface area contributed by atoms with Gasteiger partial charge < -0.3 is 4.74 Å². The van der Waals surface area contributed by atoms with Gasteiger partial charge in [-0.05, 0) is 43.3 Å². The van der Waals surface area contributed by atoms with Gasteiger partial charge >= 0.3 is 0 Å². The molecule has 0 bridgehead atoms. The second-order valence-corrected chi connectivity index (χ2v) is 6.30. The molecule has 1 N–H and O–H groups in total. The van der Waals surface area contributed by atoms with E-state index in [4.69, 9.17) is 4.74 Å². The number of nitrogens with one attached hydrogen (secondary N) is 1. The second kappa shape index (κ2) is 6.79. The highest BCUT2D eigenvalue weighted by Crippen LogP contribution is 2.22. The number of aromatic amines is 1. The lowest BCUT2D eigenvalue weighted by Crippen LogP contribution is -2.13. The molecule has 0 unspecified atom stereocenters. The molecule has 0 atom stereocenters. The molecule has 4 nitrogen and oxygen atoms in total. The standard InChI is InChI=1S/C18H18N2O2S/c1-13-3-9-17(10-4-13)23-12-14-11-18(21)20(19-14)15-5-7-16(22-2)8-6-15/h3-11,19H,12H2,1-2H3. The third-order valence-electron chi connectivity index (χ3n) is 3.52. The van der Waals surface area contributed by atoms with Crippen LogP contribution in [0.4, 0.5) is 0 Å². The second-order valence-electron chi connectivity index (χ2n) is 5.25. The quantitative estimate of drug-likeness (QED) is 0.726. The van der Waals surface area contributed by atoms with Crippen molar-refractivity contribution >= 4 is 11.8 Å². The van der Waals surface area contributed by atoms with Crippen LogP contribution in [-0.4, -0.2) is 16.9 Å². The first kappa shape index (κ1) is 15.5. The summed E-state index contributed by atoms with van der Waals surface area (Å²) in [6, 6.07) is 17.4. The van der Waals surface area contributed by atoms with Crippen molar-refractivity contribution in [3.63, 3.8) is 0 Å². The molecular weight excluding hydrogens is 308 g/mol. The molecule has 3 rings (SSSR count). The largest absolute Gasteiger partial charge is 0.497 e. The van der Waals surface area contributed by atoms with Crippen molar-refractivity contribution in [1.82, 2.24) is 9.78 Å². The molecule has 0 fully saturated rings. The number of hydrogen-bond donors (Lipinski definition) is 1. The van der Waals surface area contributed by atoms with E-state index in [2.05, 4.69) is 36.3 Å². The number of nitrogens with zero attached hydrogens (tertiary/aromatic N) is 1. The Morgan fingerprint density at radius 3 is 2.43 bits per heavy atom. The van der Waals surface area contributed by atoms with Gasteiger partial charge in [-0.25, -0.2) is 4.68 Å². The summed E-state index contributed by atoms with van der Waals surface area (Å²) in [5, 5.41) is 3.16. The smallest absolute Gasteiger partial charge is 0.271 e. The summed E-state index contributed by atoms with van der Waals surface area (Å²) in [7, 11) is 1.62. The van der Waals surface area contributed by atoms with Crippen LogP contribution in [0.5, 0.6) is 5.75 Å². The van der Waals surface area contributed by atoms with Crippen LogP contribution in [0.15, 0.2) is 64.3 Å². The summed E-state index contributed by atoms with van der Waals surface area (Å²) in [6.45, 7) is 2.07. The summed E-state index contributed by atoms with van der Waals surface area (Å²) in [6.07, 6.45) is 0. The summed E-state index contributed by atoms with van der Waals surface area (Å²) in [4.78, 5) is 13.3. The van der Waals surface area contributed by atoms with Crippen molar-refractivity contribution in [3.05, 3.63) is 76.2 Å². The minimum Gasteiger partial charge on any atom is -0.497 e. The van der Waals surface area contributed by atoms with Gasteiger partial charge in [-0.2, -0.15) is 0 Å². The number of methoxy groups -OCH3 is 1. The van der Waals surface area contributed by atoms with Crippen LogP contribution in [0.2, 0.25) is 0 Å². The van der Waals surface area contributed by atoms with Gasteiger partial charge in [0.15, 0.2) is 0 Å². The van der Waals surface area contributed by atoms with Gasteiger partial charge in [0.25, 0.3) is 5.56 Å². The molecule has 5 heteroatoms. The SMILES string of the molecule is COc1ccc(-n2[nH]c(CSc3ccc(C)cc3)cc2=O)cc1. The summed E-state index contributed by atoms with van der Waals surface area (Å²) >= 11 is 1.70. The molecule has 0 aliphatic heterocycles. The Morgan fingerprint density at radius 2 is 1.78 bits per heavy atom. The van der Waals surface area contributed by atoms with E-state index in [1.54, 1.807) is 29.6 Å². The van der Waals surface area contributed by atoms with Crippen molar-refractivity contribution in [2.24, 2.45) is 0 Å². The van der Waals surface area contributed by atoms with Crippen LogP contribution in [0.1, 0.15) is 11.3 Å². The molecule has 2 aromatic carbocycles. The summed E-state index contributed by atoms with van der Waals surface area (Å²) in [5.74, 6) is 1.49. The minimum atomic E-state index is -0.0605. The molecule has 0 amide bonds. The topological polar surface area (TPSA) is 47.0 Å². The van der Waals surface area contributed by atoms with Gasteiger partial charge in [0.05, 0.1) is 12.8 Å². The fourth-order valence-electron chi connectivity index (χ4n) is 2.24. The molecule has 23 heavy (non-hydrogen) atoms. The normalized spacial score (nSPS) is 10.7. The molecule has 0 saturated carbocycles. The Kier molecular flexibility index (Phi) is 4.57. The Labute approximate surface area is 139 Å². The third kappa shape index (κ3) is 3.68. The number of aryl methyl sites for hydroxylation is 1. The maximum absolute atomic E-state index is 12.1. The molecule has 1 heterocycles. The highest BCUT2D eigenvalue weighted by molar-refractivity contribution is 7.98. The minimum absolute atomic E-state index is 0.0605. The number of benzene rings is 2. The van der Waals surface area contributed by atoms with Crippen LogP contribution in [-0.2, 0) is 5.75 Å². The van der Waals surface area contributed by atoms with E-state index < -0.39 is 0 Å². The average Bonchev–Trinajstić information content (AvgIpc) is 2.95. The van der Waals surface area contributed by atoms with Gasteiger partial charge in [0, 0.05) is 22.4 Å². The van der Waals surface area contributed by atoms with Gasteiger partial charge in [0.2, 0.25) is 0 Å². The first-order chi connectivity index (χ1) is 11.2. The summed E-state index contributed by atoms with van der Waals surface area (Å²) < 4.78 is 6.68. The summed E-state index contributed by atoms with van der Waals surface area (Å²) in [5.41, 5.74) is 2.88. The Morgan fingerprint density at radius 1 is 1.09 bits per heavy atom. The highest BCUT2D eigenvalue weighted by atomic mass is 32.2. The molecule has 1 aromatic heterocycles. The fraction of sp³-hybridized carbons (Fsp3) is 0.167. The highest BCUT2D eigenvalue weighted by Gasteiger charge is 2.06. The Bertz CT molecular complexity index is 833. The maximum atomic E-state index is 12.1.